The van der Waals surface area contributed by atoms with Crippen LogP contribution < -0.4 is 5.32 Å². The van der Waals surface area contributed by atoms with Gasteiger partial charge in [0.2, 0.25) is 0 Å². The minimum Gasteiger partial charge on any atom is -0.368 e. The first-order valence-corrected chi connectivity index (χ1v) is 6.91. The number of nitrogens with one attached hydrogen (secondary N) is 1. The summed E-state index contributed by atoms with van der Waals surface area (Å²) in [6, 6.07) is 17.9. The van der Waals surface area contributed by atoms with Crippen molar-refractivity contribution in [2.24, 2.45) is 0 Å². The van der Waals surface area contributed by atoms with Crippen molar-refractivity contribution >= 4 is 11.6 Å². The molecule has 102 valence electrons. The predicted molar refractivity (Wildman–Crippen MR) is 79.5 cm³/mol. The highest BCUT2D eigenvalue weighted by Crippen LogP contribution is 2.28. The fraction of sp³-hybridized carbons (Fsp3) is 0.235. The SMILES string of the molecule is O=C(Nc1ccccc1-c1ccccc1)[C@@H]1CCCO1. The minimum atomic E-state index is -0.307. The Hall–Kier alpha value is -2.13. The van der Waals surface area contributed by atoms with E-state index in [0.717, 1.165) is 29.7 Å². The van der Waals surface area contributed by atoms with Gasteiger partial charge < -0.3 is 10.1 Å². The van der Waals surface area contributed by atoms with Crippen LogP contribution in [0.2, 0.25) is 0 Å². The van der Waals surface area contributed by atoms with E-state index in [1.54, 1.807) is 0 Å². The fourth-order valence-electron chi connectivity index (χ4n) is 2.46. The molecule has 0 aliphatic carbocycles. The average molecular weight is 267 g/mol. The van der Waals surface area contributed by atoms with Crippen molar-refractivity contribution < 1.29 is 9.53 Å². The van der Waals surface area contributed by atoms with E-state index in [2.05, 4.69) is 5.32 Å². The van der Waals surface area contributed by atoms with Crippen molar-refractivity contribution in [2.45, 2.75) is 18.9 Å². The minimum absolute atomic E-state index is 0.0501. The monoisotopic (exact) mass is 267 g/mol. The van der Waals surface area contributed by atoms with Gasteiger partial charge in [0.25, 0.3) is 5.91 Å². The molecule has 1 saturated heterocycles. The Labute approximate surface area is 118 Å². The third-order valence-electron chi connectivity index (χ3n) is 3.49. The van der Waals surface area contributed by atoms with E-state index < -0.39 is 0 Å². The maximum atomic E-state index is 12.2. The van der Waals surface area contributed by atoms with Crippen LogP contribution in [-0.2, 0) is 9.53 Å². The van der Waals surface area contributed by atoms with E-state index in [0.29, 0.717) is 6.61 Å². The number of carbonyl (C=O) groups is 1. The van der Waals surface area contributed by atoms with E-state index in [-0.39, 0.29) is 12.0 Å². The van der Waals surface area contributed by atoms with Gasteiger partial charge in [-0.3, -0.25) is 4.79 Å². The van der Waals surface area contributed by atoms with Gasteiger partial charge in [-0.25, -0.2) is 0 Å². The average Bonchev–Trinajstić information content (AvgIpc) is 3.03. The Morgan fingerprint density at radius 3 is 2.55 bits per heavy atom. The van der Waals surface area contributed by atoms with E-state index in [1.807, 2.05) is 54.6 Å². The fourth-order valence-corrected chi connectivity index (χ4v) is 2.46. The lowest BCUT2D eigenvalue weighted by molar-refractivity contribution is -0.124. The number of rotatable bonds is 3. The van der Waals surface area contributed by atoms with Gasteiger partial charge in [-0.15, -0.1) is 0 Å². The van der Waals surface area contributed by atoms with Crippen LogP contribution in [0.5, 0.6) is 0 Å². The van der Waals surface area contributed by atoms with E-state index >= 15 is 0 Å². The molecule has 0 spiro atoms. The molecule has 0 saturated carbocycles. The lowest BCUT2D eigenvalue weighted by Gasteiger charge is -2.14. The predicted octanol–water partition coefficient (Wildman–Crippen LogP) is 3.47. The summed E-state index contributed by atoms with van der Waals surface area (Å²) in [7, 11) is 0. The molecule has 0 bridgehead atoms. The van der Waals surface area contributed by atoms with Gasteiger partial charge in [-0.05, 0) is 24.5 Å². The number of amides is 1. The van der Waals surface area contributed by atoms with Crippen molar-refractivity contribution in [1.82, 2.24) is 0 Å². The first kappa shape index (κ1) is 12.9. The third-order valence-corrected chi connectivity index (χ3v) is 3.49. The lowest BCUT2D eigenvalue weighted by Crippen LogP contribution is -2.27. The summed E-state index contributed by atoms with van der Waals surface area (Å²) in [5.41, 5.74) is 2.95. The largest absolute Gasteiger partial charge is 0.368 e. The molecular formula is C17H17NO2. The highest BCUT2D eigenvalue weighted by Gasteiger charge is 2.24. The number of benzene rings is 2. The van der Waals surface area contributed by atoms with Gasteiger partial charge in [0, 0.05) is 17.9 Å². The number of ether oxygens (including phenoxy) is 1. The molecule has 1 atom stereocenters. The standard InChI is InChI=1S/C17H17NO2/c19-17(16-11-6-12-20-16)18-15-10-5-4-9-14(15)13-7-2-1-3-8-13/h1-5,7-10,16H,6,11-12H2,(H,18,19)/t16-/m0/s1. The molecule has 2 aromatic rings. The molecule has 1 N–H and O–H groups in total. The molecule has 0 unspecified atom stereocenters. The summed E-state index contributed by atoms with van der Waals surface area (Å²) < 4.78 is 5.42. The number of anilines is 1. The van der Waals surface area contributed by atoms with Crippen LogP contribution in [0.3, 0.4) is 0 Å². The van der Waals surface area contributed by atoms with Crippen molar-refractivity contribution in [3.8, 4) is 11.1 Å². The zero-order valence-corrected chi connectivity index (χ0v) is 11.2. The van der Waals surface area contributed by atoms with Crippen LogP contribution in [0.25, 0.3) is 11.1 Å². The highest BCUT2D eigenvalue weighted by atomic mass is 16.5. The molecule has 0 radical (unpaired) electrons. The summed E-state index contributed by atoms with van der Waals surface area (Å²) >= 11 is 0. The van der Waals surface area contributed by atoms with Gasteiger partial charge in [0.15, 0.2) is 0 Å². The Kier molecular flexibility index (Phi) is 3.79. The van der Waals surface area contributed by atoms with E-state index in [4.69, 9.17) is 4.74 Å². The second-order valence-electron chi connectivity index (χ2n) is 4.90. The molecule has 3 nitrogen and oxygen atoms in total. The molecule has 3 rings (SSSR count). The second kappa shape index (κ2) is 5.88. The summed E-state index contributed by atoms with van der Waals surface area (Å²) in [5.74, 6) is -0.0501. The van der Waals surface area contributed by atoms with E-state index in [1.165, 1.54) is 0 Å². The topological polar surface area (TPSA) is 38.3 Å². The van der Waals surface area contributed by atoms with Gasteiger partial charge >= 0.3 is 0 Å². The van der Waals surface area contributed by atoms with Crippen LogP contribution in [0, 0.1) is 0 Å². The van der Waals surface area contributed by atoms with Crippen molar-refractivity contribution in [3.63, 3.8) is 0 Å². The number of hydrogen-bond acceptors (Lipinski definition) is 2. The smallest absolute Gasteiger partial charge is 0.253 e. The van der Waals surface area contributed by atoms with Crippen molar-refractivity contribution in [2.75, 3.05) is 11.9 Å². The second-order valence-corrected chi connectivity index (χ2v) is 4.90. The molecule has 3 heteroatoms. The molecule has 1 fully saturated rings. The summed E-state index contributed by atoms with van der Waals surface area (Å²) in [5, 5.41) is 2.99. The molecule has 0 aromatic heterocycles. The number of carbonyl (C=O) groups excluding carboxylic acids is 1. The maximum absolute atomic E-state index is 12.2. The Morgan fingerprint density at radius 1 is 1.05 bits per heavy atom. The highest BCUT2D eigenvalue weighted by molar-refractivity contribution is 5.98. The van der Waals surface area contributed by atoms with E-state index in [9.17, 15) is 4.79 Å². The summed E-state index contributed by atoms with van der Waals surface area (Å²) in [4.78, 5) is 12.2. The lowest BCUT2D eigenvalue weighted by atomic mass is 10.0. The van der Waals surface area contributed by atoms with Crippen LogP contribution >= 0.6 is 0 Å². The van der Waals surface area contributed by atoms with Gasteiger partial charge in [0.05, 0.1) is 0 Å². The number of hydrogen-bond donors (Lipinski definition) is 1. The van der Waals surface area contributed by atoms with Gasteiger partial charge in [-0.1, -0.05) is 48.5 Å². The zero-order valence-electron chi connectivity index (χ0n) is 11.2. The van der Waals surface area contributed by atoms with Crippen molar-refractivity contribution in [3.05, 3.63) is 54.6 Å². The maximum Gasteiger partial charge on any atom is 0.253 e. The van der Waals surface area contributed by atoms with Gasteiger partial charge in [0.1, 0.15) is 6.10 Å². The first-order chi connectivity index (χ1) is 9.84. The van der Waals surface area contributed by atoms with Crippen LogP contribution in [-0.4, -0.2) is 18.6 Å². The quantitative estimate of drug-likeness (QED) is 0.924. The van der Waals surface area contributed by atoms with Gasteiger partial charge in [-0.2, -0.15) is 0 Å². The Morgan fingerprint density at radius 2 is 1.80 bits per heavy atom. The molecular weight excluding hydrogens is 250 g/mol. The first-order valence-electron chi connectivity index (χ1n) is 6.91. The molecule has 1 aliphatic rings. The molecule has 20 heavy (non-hydrogen) atoms. The third kappa shape index (κ3) is 2.73. The van der Waals surface area contributed by atoms with Crippen LogP contribution in [0.1, 0.15) is 12.8 Å². The van der Waals surface area contributed by atoms with Crippen LogP contribution in [0.15, 0.2) is 54.6 Å². The zero-order chi connectivity index (χ0) is 13.8. The summed E-state index contributed by atoms with van der Waals surface area (Å²) in [6.45, 7) is 0.679. The molecule has 1 aliphatic heterocycles. The normalized spacial score (nSPS) is 17.9. The molecule has 1 heterocycles. The van der Waals surface area contributed by atoms with Crippen LogP contribution in [0.4, 0.5) is 5.69 Å². The van der Waals surface area contributed by atoms with Crippen molar-refractivity contribution in [1.29, 1.82) is 0 Å². The molecule has 2 aromatic carbocycles. The summed E-state index contributed by atoms with van der Waals surface area (Å²) in [6.07, 6.45) is 1.46. The Balaban J connectivity index is 1.85. The Bertz CT molecular complexity index is 589. The molecule has 1 amide bonds. The number of para-hydroxylation sites is 1.